The average molecular weight is 356 g/mol. The molecule has 2 aromatic carbocycles. The summed E-state index contributed by atoms with van der Waals surface area (Å²) >= 11 is 6.13. The molecule has 4 rings (SSSR count). The van der Waals surface area contributed by atoms with Crippen LogP contribution in [0.4, 0.5) is 11.4 Å². The van der Waals surface area contributed by atoms with Crippen molar-refractivity contribution < 1.29 is 4.79 Å². The van der Waals surface area contributed by atoms with Gasteiger partial charge in [0.25, 0.3) is 0 Å². The van der Waals surface area contributed by atoms with Gasteiger partial charge in [-0.1, -0.05) is 28.9 Å². The van der Waals surface area contributed by atoms with Crippen molar-refractivity contribution in [3.05, 3.63) is 47.5 Å². The van der Waals surface area contributed by atoms with Gasteiger partial charge in [-0.25, -0.2) is 4.68 Å². The lowest BCUT2D eigenvalue weighted by Gasteiger charge is -2.21. The molecule has 0 radical (unpaired) electrons. The highest BCUT2D eigenvalue weighted by atomic mass is 35.5. The maximum absolute atomic E-state index is 12.5. The topological polar surface area (TPSA) is 63.1 Å². The molecule has 1 fully saturated rings. The molecule has 0 spiro atoms. The Balaban J connectivity index is 1.55. The van der Waals surface area contributed by atoms with Gasteiger partial charge in [0.2, 0.25) is 5.91 Å². The van der Waals surface area contributed by atoms with Gasteiger partial charge in [-0.3, -0.25) is 4.79 Å². The Kier molecular flexibility index (Phi) is 4.28. The van der Waals surface area contributed by atoms with Gasteiger partial charge < -0.3 is 10.2 Å². The summed E-state index contributed by atoms with van der Waals surface area (Å²) in [5.74, 6) is -0.154. The van der Waals surface area contributed by atoms with Gasteiger partial charge in [0.05, 0.1) is 16.9 Å². The van der Waals surface area contributed by atoms with Gasteiger partial charge in [0, 0.05) is 18.1 Å². The van der Waals surface area contributed by atoms with Crippen LogP contribution in [0.1, 0.15) is 12.8 Å². The summed E-state index contributed by atoms with van der Waals surface area (Å²) in [6.07, 6.45) is 2.34. The number of benzene rings is 2. The van der Waals surface area contributed by atoms with Crippen LogP contribution in [-0.4, -0.2) is 34.0 Å². The Morgan fingerprint density at radius 3 is 2.80 bits per heavy atom. The summed E-state index contributed by atoms with van der Waals surface area (Å²) in [6.45, 7) is 2.10. The monoisotopic (exact) mass is 355 g/mol. The molecule has 1 aromatic heterocycles. The van der Waals surface area contributed by atoms with Crippen molar-refractivity contribution in [1.82, 2.24) is 15.0 Å². The Hall–Kier alpha value is -2.60. The molecule has 0 aliphatic carbocycles. The highest BCUT2D eigenvalue weighted by Gasteiger charge is 2.18. The zero-order valence-electron chi connectivity index (χ0n) is 13.7. The first-order valence-corrected chi connectivity index (χ1v) is 8.71. The molecule has 0 saturated carbocycles. The van der Waals surface area contributed by atoms with Crippen molar-refractivity contribution in [2.75, 3.05) is 23.3 Å². The Bertz CT molecular complexity index is 917. The Labute approximate surface area is 150 Å². The van der Waals surface area contributed by atoms with Crippen LogP contribution in [0.5, 0.6) is 0 Å². The minimum Gasteiger partial charge on any atom is -0.370 e. The van der Waals surface area contributed by atoms with E-state index in [1.54, 1.807) is 10.7 Å². The fraction of sp³-hybridized carbons (Fsp3) is 0.278. The van der Waals surface area contributed by atoms with Gasteiger partial charge >= 0.3 is 0 Å². The molecule has 0 unspecified atom stereocenters. The smallest absolute Gasteiger partial charge is 0.246 e. The van der Waals surface area contributed by atoms with Crippen LogP contribution in [0.3, 0.4) is 0 Å². The predicted molar refractivity (Wildman–Crippen MR) is 99.1 cm³/mol. The number of anilines is 2. The molecule has 0 atom stereocenters. The van der Waals surface area contributed by atoms with E-state index in [1.807, 2.05) is 36.4 Å². The van der Waals surface area contributed by atoms with Crippen LogP contribution in [0, 0.1) is 0 Å². The van der Waals surface area contributed by atoms with Crippen molar-refractivity contribution >= 4 is 39.9 Å². The molecule has 1 saturated heterocycles. The number of hydrogen-bond acceptors (Lipinski definition) is 4. The van der Waals surface area contributed by atoms with Gasteiger partial charge in [0.15, 0.2) is 0 Å². The van der Waals surface area contributed by atoms with E-state index in [0.717, 1.165) is 35.5 Å². The molecule has 1 aliphatic heterocycles. The first kappa shape index (κ1) is 15.9. The summed E-state index contributed by atoms with van der Waals surface area (Å²) in [4.78, 5) is 14.8. The molecular weight excluding hydrogens is 338 g/mol. The van der Waals surface area contributed by atoms with E-state index in [1.165, 1.54) is 12.8 Å². The van der Waals surface area contributed by atoms with Gasteiger partial charge in [-0.05, 0) is 43.2 Å². The fourth-order valence-corrected chi connectivity index (χ4v) is 3.37. The number of amides is 1. The highest BCUT2D eigenvalue weighted by molar-refractivity contribution is 6.31. The SMILES string of the molecule is O=C(Cn1nnc2ccccc21)Nc1cc(Cl)ccc1N1CCCC1. The van der Waals surface area contributed by atoms with Crippen LogP contribution in [0.2, 0.25) is 5.02 Å². The van der Waals surface area contributed by atoms with E-state index >= 15 is 0 Å². The molecule has 3 aromatic rings. The largest absolute Gasteiger partial charge is 0.370 e. The lowest BCUT2D eigenvalue weighted by Crippen LogP contribution is -2.23. The second-order valence-electron chi connectivity index (χ2n) is 6.14. The molecular formula is C18H18ClN5O. The number of halogens is 1. The highest BCUT2D eigenvalue weighted by Crippen LogP contribution is 2.31. The number of nitrogens with zero attached hydrogens (tertiary/aromatic N) is 4. The van der Waals surface area contributed by atoms with Crippen molar-refractivity contribution in [2.24, 2.45) is 0 Å². The van der Waals surface area contributed by atoms with Crippen LogP contribution in [-0.2, 0) is 11.3 Å². The zero-order chi connectivity index (χ0) is 17.2. The lowest BCUT2D eigenvalue weighted by atomic mass is 10.2. The number of hydrogen-bond donors (Lipinski definition) is 1. The number of carbonyl (C=O) groups excluding carboxylic acids is 1. The first-order valence-electron chi connectivity index (χ1n) is 8.33. The molecule has 1 amide bonds. The standard InChI is InChI=1S/C18H18ClN5O/c19-13-7-8-16(23-9-3-4-10-23)15(11-13)20-18(25)12-24-17-6-2-1-5-14(17)21-22-24/h1-2,5-8,11H,3-4,9-10,12H2,(H,20,25). The Morgan fingerprint density at radius 1 is 1.16 bits per heavy atom. The minimum absolute atomic E-state index is 0.104. The molecule has 1 aliphatic rings. The second-order valence-corrected chi connectivity index (χ2v) is 6.58. The normalized spacial score (nSPS) is 14.2. The minimum atomic E-state index is -0.154. The van der Waals surface area contributed by atoms with Crippen molar-refractivity contribution in [2.45, 2.75) is 19.4 Å². The molecule has 6 nitrogen and oxygen atoms in total. The number of para-hydroxylation sites is 1. The number of nitrogens with one attached hydrogen (secondary N) is 1. The summed E-state index contributed by atoms with van der Waals surface area (Å²) in [6, 6.07) is 13.2. The van der Waals surface area contributed by atoms with Crippen LogP contribution >= 0.6 is 11.6 Å². The third-order valence-electron chi connectivity index (χ3n) is 4.39. The third-order valence-corrected chi connectivity index (χ3v) is 4.63. The average Bonchev–Trinajstić information content (AvgIpc) is 3.26. The summed E-state index contributed by atoms with van der Waals surface area (Å²) in [7, 11) is 0. The first-order chi connectivity index (χ1) is 12.2. The van der Waals surface area contributed by atoms with Gasteiger partial charge in [-0.15, -0.1) is 5.10 Å². The van der Waals surface area contributed by atoms with Crippen molar-refractivity contribution in [3.63, 3.8) is 0 Å². The van der Waals surface area contributed by atoms with Crippen LogP contribution in [0.25, 0.3) is 11.0 Å². The maximum atomic E-state index is 12.5. The maximum Gasteiger partial charge on any atom is 0.246 e. The second kappa shape index (κ2) is 6.72. The van der Waals surface area contributed by atoms with E-state index in [-0.39, 0.29) is 12.5 Å². The quantitative estimate of drug-likeness (QED) is 0.779. The summed E-state index contributed by atoms with van der Waals surface area (Å²) < 4.78 is 1.60. The van der Waals surface area contributed by atoms with Crippen molar-refractivity contribution in [1.29, 1.82) is 0 Å². The summed E-state index contributed by atoms with van der Waals surface area (Å²) in [5, 5.41) is 11.7. The molecule has 128 valence electrons. The van der Waals surface area contributed by atoms with Crippen LogP contribution < -0.4 is 10.2 Å². The van der Waals surface area contributed by atoms with Gasteiger partial charge in [0.1, 0.15) is 12.1 Å². The molecule has 7 heteroatoms. The lowest BCUT2D eigenvalue weighted by molar-refractivity contribution is -0.116. The van der Waals surface area contributed by atoms with E-state index < -0.39 is 0 Å². The molecule has 25 heavy (non-hydrogen) atoms. The van der Waals surface area contributed by atoms with Crippen LogP contribution in [0.15, 0.2) is 42.5 Å². The number of carbonyl (C=O) groups is 1. The number of aromatic nitrogens is 3. The number of fused-ring (bicyclic) bond motifs is 1. The molecule has 0 bridgehead atoms. The third kappa shape index (κ3) is 3.30. The van der Waals surface area contributed by atoms with E-state index in [2.05, 4.69) is 20.5 Å². The predicted octanol–water partition coefficient (Wildman–Crippen LogP) is 3.32. The van der Waals surface area contributed by atoms with E-state index in [0.29, 0.717) is 5.02 Å². The van der Waals surface area contributed by atoms with E-state index in [4.69, 9.17) is 11.6 Å². The Morgan fingerprint density at radius 2 is 1.96 bits per heavy atom. The fourth-order valence-electron chi connectivity index (χ4n) is 3.20. The number of rotatable bonds is 4. The zero-order valence-corrected chi connectivity index (χ0v) is 14.4. The molecule has 2 heterocycles. The van der Waals surface area contributed by atoms with Crippen molar-refractivity contribution in [3.8, 4) is 0 Å². The molecule has 1 N–H and O–H groups in total. The summed E-state index contributed by atoms with van der Waals surface area (Å²) in [5.41, 5.74) is 3.36. The van der Waals surface area contributed by atoms with Gasteiger partial charge in [-0.2, -0.15) is 0 Å². The van der Waals surface area contributed by atoms with E-state index in [9.17, 15) is 4.79 Å².